The second-order valence-electron chi connectivity index (χ2n) is 7.83. The van der Waals surface area contributed by atoms with Crippen molar-refractivity contribution in [2.75, 3.05) is 25.0 Å². The number of ether oxygens (including phenoxy) is 1. The summed E-state index contributed by atoms with van der Waals surface area (Å²) in [7, 11) is 0. The molecule has 0 aliphatic carbocycles. The fraction of sp³-hybridized carbons (Fsp3) is 0.435. The molecule has 158 valence electrons. The molecule has 0 atom stereocenters. The monoisotopic (exact) mass is 424 g/mol. The van der Waals surface area contributed by atoms with Crippen molar-refractivity contribution in [3.05, 3.63) is 47.8 Å². The molecule has 2 aromatic rings. The molecule has 0 bridgehead atoms. The van der Waals surface area contributed by atoms with Gasteiger partial charge in [0.1, 0.15) is 5.03 Å². The maximum atomic E-state index is 11.7. The minimum Gasteiger partial charge on any atom is -0.463 e. The number of hydrogen-bond acceptors (Lipinski definition) is 7. The fourth-order valence-electron chi connectivity index (χ4n) is 3.89. The Kier molecular flexibility index (Phi) is 6.69. The number of esters is 1. The van der Waals surface area contributed by atoms with E-state index in [9.17, 15) is 4.79 Å². The van der Waals surface area contributed by atoms with E-state index in [4.69, 9.17) is 4.74 Å². The van der Waals surface area contributed by atoms with Crippen molar-refractivity contribution in [3.63, 3.8) is 0 Å². The van der Waals surface area contributed by atoms with Crippen LogP contribution in [0, 0.1) is 5.92 Å². The quantitative estimate of drug-likeness (QED) is 0.450. The molecule has 2 aliphatic rings. The van der Waals surface area contributed by atoms with Crippen LogP contribution in [0.5, 0.6) is 0 Å². The van der Waals surface area contributed by atoms with Gasteiger partial charge in [0.05, 0.1) is 12.3 Å². The second-order valence-corrected chi connectivity index (χ2v) is 8.86. The molecule has 7 heteroatoms. The number of benzene rings is 1. The van der Waals surface area contributed by atoms with Crippen LogP contribution in [0.1, 0.15) is 38.7 Å². The van der Waals surface area contributed by atoms with E-state index < -0.39 is 0 Å². The summed E-state index contributed by atoms with van der Waals surface area (Å²) in [5.41, 5.74) is 3.15. The maximum Gasteiger partial charge on any atom is 0.333 e. The highest BCUT2D eigenvalue weighted by Gasteiger charge is 2.21. The van der Waals surface area contributed by atoms with E-state index in [0.717, 1.165) is 61.0 Å². The Morgan fingerprint density at radius 1 is 1.30 bits per heavy atom. The Morgan fingerprint density at radius 3 is 2.90 bits per heavy atom. The third-order valence-electron chi connectivity index (χ3n) is 5.64. The molecule has 1 aromatic heterocycles. The Balaban J connectivity index is 1.29. The Hall–Kier alpha value is -2.38. The van der Waals surface area contributed by atoms with Gasteiger partial charge in [-0.2, -0.15) is 0 Å². The molecule has 1 fully saturated rings. The van der Waals surface area contributed by atoms with E-state index in [1.165, 1.54) is 10.5 Å². The third-order valence-corrected chi connectivity index (χ3v) is 6.70. The number of likely N-dealkylation sites (tertiary alicyclic amines) is 1. The molecule has 0 spiro atoms. The lowest BCUT2D eigenvalue weighted by atomic mass is 9.92. The van der Waals surface area contributed by atoms with Crippen LogP contribution >= 0.6 is 11.8 Å². The number of nitrogens with one attached hydrogen (secondary N) is 1. The first kappa shape index (κ1) is 20.9. The van der Waals surface area contributed by atoms with Crippen molar-refractivity contribution in [1.29, 1.82) is 0 Å². The van der Waals surface area contributed by atoms with E-state index in [1.807, 2.05) is 19.9 Å². The summed E-state index contributed by atoms with van der Waals surface area (Å²) in [6, 6.07) is 6.62. The normalized spacial score (nSPS) is 17.1. The van der Waals surface area contributed by atoms with Crippen molar-refractivity contribution in [2.45, 2.75) is 49.6 Å². The van der Waals surface area contributed by atoms with E-state index in [1.54, 1.807) is 24.2 Å². The highest BCUT2D eigenvalue weighted by molar-refractivity contribution is 7.99. The van der Waals surface area contributed by atoms with E-state index in [-0.39, 0.29) is 5.97 Å². The molecule has 0 radical (unpaired) electrons. The smallest absolute Gasteiger partial charge is 0.333 e. The summed E-state index contributed by atoms with van der Waals surface area (Å²) in [4.78, 5) is 24.2. The molecule has 0 saturated carbocycles. The first-order chi connectivity index (χ1) is 14.6. The molecule has 0 amide bonds. The molecule has 3 heterocycles. The number of carbonyl (C=O) groups is 1. The average molecular weight is 425 g/mol. The zero-order valence-corrected chi connectivity index (χ0v) is 18.4. The number of aromatic nitrogens is 2. The van der Waals surface area contributed by atoms with Crippen molar-refractivity contribution < 1.29 is 9.53 Å². The number of nitrogens with zero attached hydrogens (tertiary/aromatic N) is 3. The first-order valence-corrected chi connectivity index (χ1v) is 11.4. The Labute approximate surface area is 182 Å². The van der Waals surface area contributed by atoms with Gasteiger partial charge in [0, 0.05) is 29.4 Å². The molecule has 1 N–H and O–H groups in total. The molecule has 0 unspecified atom stereocenters. The summed E-state index contributed by atoms with van der Waals surface area (Å²) in [6.45, 7) is 7.25. The summed E-state index contributed by atoms with van der Waals surface area (Å²) in [5, 5.41) is 4.34. The van der Waals surface area contributed by atoms with Crippen molar-refractivity contribution in [1.82, 2.24) is 14.9 Å². The van der Waals surface area contributed by atoms with Crippen LogP contribution in [0.3, 0.4) is 0 Å². The van der Waals surface area contributed by atoms with Gasteiger partial charge in [0.15, 0.2) is 5.82 Å². The number of carbonyl (C=O) groups excluding carboxylic acids is 1. The number of hydrogen-bond donors (Lipinski definition) is 1. The van der Waals surface area contributed by atoms with Gasteiger partial charge in [0.25, 0.3) is 0 Å². The van der Waals surface area contributed by atoms with Crippen LogP contribution < -0.4 is 5.32 Å². The van der Waals surface area contributed by atoms with Crippen LogP contribution in [0.15, 0.2) is 52.2 Å². The Bertz CT molecular complexity index is 939. The number of rotatable bonds is 6. The topological polar surface area (TPSA) is 67.3 Å². The van der Waals surface area contributed by atoms with Crippen LogP contribution in [0.2, 0.25) is 0 Å². The first-order valence-electron chi connectivity index (χ1n) is 10.6. The van der Waals surface area contributed by atoms with Gasteiger partial charge in [-0.05, 0) is 69.8 Å². The van der Waals surface area contributed by atoms with Gasteiger partial charge in [-0.1, -0.05) is 23.9 Å². The van der Waals surface area contributed by atoms with Gasteiger partial charge < -0.3 is 10.1 Å². The molecular weight excluding hydrogens is 396 g/mol. The van der Waals surface area contributed by atoms with E-state index in [2.05, 4.69) is 38.4 Å². The minimum atomic E-state index is -0.192. The SMILES string of the molecule is CCOC(=O)/C(C)=C/CC1CCN(Cc2ccc3c(c2)Nc2nccnc2S3)CC1. The molecule has 1 aromatic carbocycles. The minimum absolute atomic E-state index is 0.192. The molecule has 2 aliphatic heterocycles. The van der Waals surface area contributed by atoms with Crippen molar-refractivity contribution in [2.24, 2.45) is 5.92 Å². The average Bonchev–Trinajstić information content (AvgIpc) is 2.77. The van der Waals surface area contributed by atoms with E-state index in [0.29, 0.717) is 12.5 Å². The number of allylic oxidation sites excluding steroid dienone is 1. The lowest BCUT2D eigenvalue weighted by Crippen LogP contribution is -2.33. The highest BCUT2D eigenvalue weighted by Crippen LogP contribution is 2.42. The Morgan fingerprint density at radius 2 is 2.10 bits per heavy atom. The van der Waals surface area contributed by atoms with E-state index >= 15 is 0 Å². The molecule has 30 heavy (non-hydrogen) atoms. The zero-order chi connectivity index (χ0) is 20.9. The summed E-state index contributed by atoms with van der Waals surface area (Å²) in [6.07, 6.45) is 8.77. The summed E-state index contributed by atoms with van der Waals surface area (Å²) in [5.74, 6) is 1.28. The largest absolute Gasteiger partial charge is 0.463 e. The molecule has 6 nitrogen and oxygen atoms in total. The standard InChI is InChI=1S/C23H28N4O2S/c1-3-29-23(28)16(2)4-5-17-8-12-27(13-9-17)15-18-6-7-20-19(14-18)26-21-22(30-20)25-11-10-24-21/h4,6-7,10-11,14,17H,3,5,8-9,12-13,15H2,1-2H3,(H,24,26)/b16-4+. The number of fused-ring (bicyclic) bond motifs is 2. The number of piperidine rings is 1. The van der Waals surface area contributed by atoms with Gasteiger partial charge in [0.2, 0.25) is 0 Å². The molecular formula is C23H28N4O2S. The van der Waals surface area contributed by atoms with Gasteiger partial charge in [-0.15, -0.1) is 0 Å². The molecule has 4 rings (SSSR count). The van der Waals surface area contributed by atoms with Gasteiger partial charge in [-0.3, -0.25) is 4.90 Å². The lowest BCUT2D eigenvalue weighted by molar-refractivity contribution is -0.138. The predicted molar refractivity (Wildman–Crippen MR) is 119 cm³/mol. The second kappa shape index (κ2) is 9.62. The summed E-state index contributed by atoms with van der Waals surface area (Å²) >= 11 is 1.66. The van der Waals surface area contributed by atoms with Gasteiger partial charge >= 0.3 is 5.97 Å². The molecule has 1 saturated heterocycles. The van der Waals surface area contributed by atoms with Crippen LogP contribution in [0.25, 0.3) is 0 Å². The zero-order valence-electron chi connectivity index (χ0n) is 17.6. The highest BCUT2D eigenvalue weighted by atomic mass is 32.2. The van der Waals surface area contributed by atoms with Crippen molar-refractivity contribution >= 4 is 29.2 Å². The fourth-order valence-corrected chi connectivity index (χ4v) is 4.77. The van der Waals surface area contributed by atoms with Gasteiger partial charge in [-0.25, -0.2) is 14.8 Å². The van der Waals surface area contributed by atoms with Crippen LogP contribution in [-0.4, -0.2) is 40.5 Å². The number of anilines is 2. The van der Waals surface area contributed by atoms with Crippen LogP contribution in [0.4, 0.5) is 11.5 Å². The lowest BCUT2D eigenvalue weighted by Gasteiger charge is -2.32. The third kappa shape index (κ3) is 5.02. The van der Waals surface area contributed by atoms with Crippen molar-refractivity contribution in [3.8, 4) is 0 Å². The summed E-state index contributed by atoms with van der Waals surface area (Å²) < 4.78 is 5.06. The maximum absolute atomic E-state index is 11.7. The van der Waals surface area contributed by atoms with Crippen LogP contribution in [-0.2, 0) is 16.1 Å². The predicted octanol–water partition coefficient (Wildman–Crippen LogP) is 4.80.